The second-order valence-corrected chi connectivity index (χ2v) is 7.52. The summed E-state index contributed by atoms with van der Waals surface area (Å²) in [5.41, 5.74) is 1.59. The molecule has 0 aliphatic heterocycles. The lowest BCUT2D eigenvalue weighted by Crippen LogP contribution is -2.28. The molecule has 0 radical (unpaired) electrons. The average molecular weight is 422 g/mol. The topological polar surface area (TPSA) is 73.0 Å². The number of furan rings is 1. The number of nitrogens with one attached hydrogen (secondary N) is 1. The maximum atomic E-state index is 13.3. The van der Waals surface area contributed by atoms with Crippen LogP contribution in [0.3, 0.4) is 0 Å². The van der Waals surface area contributed by atoms with E-state index in [-0.39, 0.29) is 23.5 Å². The predicted molar refractivity (Wildman–Crippen MR) is 113 cm³/mol. The summed E-state index contributed by atoms with van der Waals surface area (Å²) in [5.74, 6) is 0.975. The molecule has 0 aliphatic carbocycles. The molecule has 30 heavy (non-hydrogen) atoms. The van der Waals surface area contributed by atoms with E-state index in [1.165, 1.54) is 23.9 Å². The number of carbonyl (C=O) groups excluding carboxylic acids is 1. The Morgan fingerprint density at radius 3 is 2.57 bits per heavy atom. The second kappa shape index (κ2) is 8.96. The molecular formula is C22H19FN4O2S. The van der Waals surface area contributed by atoms with E-state index in [4.69, 9.17) is 4.42 Å². The van der Waals surface area contributed by atoms with Gasteiger partial charge in [-0.3, -0.25) is 9.36 Å². The molecule has 0 spiro atoms. The van der Waals surface area contributed by atoms with Gasteiger partial charge in [0.05, 0.1) is 18.1 Å². The summed E-state index contributed by atoms with van der Waals surface area (Å²) in [7, 11) is 0. The molecule has 2 aromatic heterocycles. The van der Waals surface area contributed by atoms with Gasteiger partial charge in [-0.05, 0) is 55.5 Å². The molecule has 2 heterocycles. The normalized spacial score (nSPS) is 11.9. The highest BCUT2D eigenvalue weighted by atomic mass is 32.2. The molecule has 0 fully saturated rings. The maximum Gasteiger partial charge on any atom is 0.231 e. The van der Waals surface area contributed by atoms with E-state index in [0.29, 0.717) is 16.7 Å². The van der Waals surface area contributed by atoms with Crippen LogP contribution in [0.1, 0.15) is 18.7 Å². The van der Waals surface area contributed by atoms with Gasteiger partial charge in [-0.2, -0.15) is 0 Å². The number of hydrogen-bond acceptors (Lipinski definition) is 5. The first-order chi connectivity index (χ1) is 14.6. The SMILES string of the molecule is CC(NC(=O)CSc1nnc(-c2ccc(F)cc2)n1-c1ccccc1)c1ccco1. The molecule has 0 aliphatic rings. The van der Waals surface area contributed by atoms with Crippen LogP contribution in [0.15, 0.2) is 82.6 Å². The van der Waals surface area contributed by atoms with Crippen molar-refractivity contribution in [2.45, 2.75) is 18.1 Å². The van der Waals surface area contributed by atoms with Gasteiger partial charge in [-0.15, -0.1) is 10.2 Å². The maximum absolute atomic E-state index is 13.3. The van der Waals surface area contributed by atoms with Crippen molar-refractivity contribution in [3.63, 3.8) is 0 Å². The van der Waals surface area contributed by atoms with E-state index in [9.17, 15) is 9.18 Å². The molecule has 6 nitrogen and oxygen atoms in total. The number of halogens is 1. The minimum absolute atomic E-state index is 0.144. The van der Waals surface area contributed by atoms with Gasteiger partial charge in [-0.1, -0.05) is 30.0 Å². The van der Waals surface area contributed by atoms with Gasteiger partial charge < -0.3 is 9.73 Å². The number of rotatable bonds is 7. The smallest absolute Gasteiger partial charge is 0.231 e. The van der Waals surface area contributed by atoms with Gasteiger partial charge in [0.1, 0.15) is 11.6 Å². The van der Waals surface area contributed by atoms with Crippen LogP contribution in [0, 0.1) is 5.82 Å². The van der Waals surface area contributed by atoms with Gasteiger partial charge in [0.15, 0.2) is 11.0 Å². The van der Waals surface area contributed by atoms with Crippen molar-refractivity contribution in [1.82, 2.24) is 20.1 Å². The molecule has 1 unspecified atom stereocenters. The van der Waals surface area contributed by atoms with Crippen LogP contribution in [0.5, 0.6) is 0 Å². The van der Waals surface area contributed by atoms with Gasteiger partial charge in [0.25, 0.3) is 0 Å². The van der Waals surface area contributed by atoms with Gasteiger partial charge in [-0.25, -0.2) is 4.39 Å². The Bertz CT molecular complexity index is 1110. The number of benzene rings is 2. The Hall–Kier alpha value is -3.39. The standard InChI is InChI=1S/C22H19FN4O2S/c1-15(19-8-5-13-29-19)24-20(28)14-30-22-26-25-21(16-9-11-17(23)12-10-16)27(22)18-6-3-2-4-7-18/h2-13,15H,14H2,1H3,(H,24,28). The fraction of sp³-hybridized carbons (Fsp3) is 0.136. The van der Waals surface area contributed by atoms with Crippen molar-refractivity contribution >= 4 is 17.7 Å². The minimum atomic E-state index is -0.318. The predicted octanol–water partition coefficient (Wildman–Crippen LogP) is 4.64. The molecule has 1 amide bonds. The molecular weight excluding hydrogens is 403 g/mol. The third kappa shape index (κ3) is 4.44. The van der Waals surface area contributed by atoms with E-state index < -0.39 is 0 Å². The Balaban J connectivity index is 1.56. The van der Waals surface area contributed by atoms with Crippen LogP contribution in [0.25, 0.3) is 17.1 Å². The summed E-state index contributed by atoms with van der Waals surface area (Å²) in [5, 5.41) is 12.0. The van der Waals surface area contributed by atoms with E-state index in [1.54, 1.807) is 24.5 Å². The van der Waals surface area contributed by atoms with Crippen molar-refractivity contribution in [3.8, 4) is 17.1 Å². The fourth-order valence-electron chi connectivity index (χ4n) is 2.98. The van der Waals surface area contributed by atoms with Crippen LogP contribution in [0.2, 0.25) is 0 Å². The number of hydrogen-bond donors (Lipinski definition) is 1. The summed E-state index contributed by atoms with van der Waals surface area (Å²) in [4.78, 5) is 12.4. The monoisotopic (exact) mass is 422 g/mol. The average Bonchev–Trinajstić information content (AvgIpc) is 3.44. The van der Waals surface area contributed by atoms with Gasteiger partial charge in [0, 0.05) is 11.3 Å². The molecule has 4 aromatic rings. The lowest BCUT2D eigenvalue weighted by molar-refractivity contribution is -0.119. The zero-order chi connectivity index (χ0) is 20.9. The number of thioether (sulfide) groups is 1. The summed E-state index contributed by atoms with van der Waals surface area (Å²) in [6.45, 7) is 1.86. The van der Waals surface area contributed by atoms with Crippen LogP contribution in [-0.4, -0.2) is 26.4 Å². The van der Waals surface area contributed by atoms with E-state index in [0.717, 1.165) is 11.3 Å². The van der Waals surface area contributed by atoms with Gasteiger partial charge >= 0.3 is 0 Å². The van der Waals surface area contributed by atoms with E-state index in [2.05, 4.69) is 15.5 Å². The highest BCUT2D eigenvalue weighted by Crippen LogP contribution is 2.28. The van der Waals surface area contributed by atoms with Crippen molar-refractivity contribution in [2.24, 2.45) is 0 Å². The van der Waals surface area contributed by atoms with Crippen LogP contribution >= 0.6 is 11.8 Å². The summed E-state index contributed by atoms with van der Waals surface area (Å²) < 4.78 is 20.5. The molecule has 1 N–H and O–H groups in total. The fourth-order valence-corrected chi connectivity index (χ4v) is 3.74. The first kappa shape index (κ1) is 19.9. The van der Waals surface area contributed by atoms with Crippen molar-refractivity contribution in [3.05, 3.63) is 84.6 Å². The third-order valence-corrected chi connectivity index (χ3v) is 5.36. The molecule has 2 aromatic carbocycles. The third-order valence-electron chi connectivity index (χ3n) is 4.43. The number of amides is 1. The second-order valence-electron chi connectivity index (χ2n) is 6.58. The van der Waals surface area contributed by atoms with Gasteiger partial charge in [0.2, 0.25) is 5.91 Å². The molecule has 4 rings (SSSR count). The Labute approximate surface area is 177 Å². The van der Waals surface area contributed by atoms with Crippen LogP contribution in [0.4, 0.5) is 4.39 Å². The zero-order valence-electron chi connectivity index (χ0n) is 16.2. The highest BCUT2D eigenvalue weighted by Gasteiger charge is 2.18. The van der Waals surface area contributed by atoms with Crippen LogP contribution in [-0.2, 0) is 4.79 Å². The number of aromatic nitrogens is 3. The molecule has 1 atom stereocenters. The molecule has 0 saturated heterocycles. The lowest BCUT2D eigenvalue weighted by atomic mass is 10.2. The Morgan fingerprint density at radius 1 is 1.10 bits per heavy atom. The molecule has 152 valence electrons. The summed E-state index contributed by atoms with van der Waals surface area (Å²) >= 11 is 1.28. The first-order valence-corrected chi connectivity index (χ1v) is 10.3. The van der Waals surface area contributed by atoms with Crippen molar-refractivity contribution in [2.75, 3.05) is 5.75 Å². The van der Waals surface area contributed by atoms with Crippen LogP contribution < -0.4 is 5.32 Å². The van der Waals surface area contributed by atoms with Crippen molar-refractivity contribution < 1.29 is 13.6 Å². The van der Waals surface area contributed by atoms with Crippen molar-refractivity contribution in [1.29, 1.82) is 0 Å². The van der Waals surface area contributed by atoms with E-state index >= 15 is 0 Å². The number of nitrogens with zero attached hydrogens (tertiary/aromatic N) is 3. The largest absolute Gasteiger partial charge is 0.467 e. The Kier molecular flexibility index (Phi) is 5.94. The molecule has 0 saturated carbocycles. The molecule has 8 heteroatoms. The van der Waals surface area contributed by atoms with E-state index in [1.807, 2.05) is 47.9 Å². The number of para-hydroxylation sites is 1. The Morgan fingerprint density at radius 2 is 1.87 bits per heavy atom. The minimum Gasteiger partial charge on any atom is -0.467 e. The lowest BCUT2D eigenvalue weighted by Gasteiger charge is -2.12. The zero-order valence-corrected chi connectivity index (χ0v) is 17.0. The molecule has 0 bridgehead atoms. The first-order valence-electron chi connectivity index (χ1n) is 9.34. The summed E-state index contributed by atoms with van der Waals surface area (Å²) in [6.07, 6.45) is 1.58. The number of carbonyl (C=O) groups is 1. The highest BCUT2D eigenvalue weighted by molar-refractivity contribution is 7.99. The quantitative estimate of drug-likeness (QED) is 0.440. The summed E-state index contributed by atoms with van der Waals surface area (Å²) in [6, 6.07) is 19.1.